The molecule has 0 unspecified atom stereocenters. The van der Waals surface area contributed by atoms with Gasteiger partial charge in [0.05, 0.1) is 26.9 Å². The van der Waals surface area contributed by atoms with Crippen molar-refractivity contribution in [3.8, 4) is 17.2 Å². The Morgan fingerprint density at radius 1 is 1.00 bits per heavy atom. The lowest BCUT2D eigenvalue weighted by Crippen LogP contribution is -2.13. The molecule has 2 aromatic rings. The molecule has 0 fully saturated rings. The summed E-state index contributed by atoms with van der Waals surface area (Å²) in [5, 5.41) is 11.8. The number of aromatic carboxylic acids is 1. The van der Waals surface area contributed by atoms with Crippen molar-refractivity contribution >= 4 is 17.6 Å². The van der Waals surface area contributed by atoms with Crippen molar-refractivity contribution in [2.24, 2.45) is 0 Å². The first-order chi connectivity index (χ1) is 12.9. The third-order valence-corrected chi connectivity index (χ3v) is 4.15. The summed E-state index contributed by atoms with van der Waals surface area (Å²) in [6.45, 7) is 1.69. The van der Waals surface area contributed by atoms with Crippen LogP contribution in [0.5, 0.6) is 17.2 Å². The number of benzene rings is 2. The second-order valence-electron chi connectivity index (χ2n) is 5.88. The zero-order valence-electron chi connectivity index (χ0n) is 15.8. The van der Waals surface area contributed by atoms with Gasteiger partial charge in [-0.2, -0.15) is 0 Å². The Bertz CT molecular complexity index is 847. The number of rotatable bonds is 8. The molecule has 27 heavy (non-hydrogen) atoms. The number of carboxylic acid groups (broad SMARTS) is 1. The zero-order chi connectivity index (χ0) is 20.0. The predicted molar refractivity (Wildman–Crippen MR) is 101 cm³/mol. The van der Waals surface area contributed by atoms with E-state index in [-0.39, 0.29) is 17.9 Å². The monoisotopic (exact) mass is 373 g/mol. The van der Waals surface area contributed by atoms with Gasteiger partial charge < -0.3 is 24.6 Å². The summed E-state index contributed by atoms with van der Waals surface area (Å²) in [7, 11) is 4.61. The lowest BCUT2D eigenvalue weighted by atomic mass is 10.1. The van der Waals surface area contributed by atoms with Gasteiger partial charge in [0, 0.05) is 12.1 Å². The SMILES string of the molecule is COc1ccc(CCC(=O)Nc2ccc(C(=O)O)c(C)c2)c(OC)c1OC. The molecule has 0 heterocycles. The van der Waals surface area contributed by atoms with Crippen LogP contribution in [0, 0.1) is 6.92 Å². The molecule has 2 N–H and O–H groups in total. The predicted octanol–water partition coefficient (Wildman–Crippen LogP) is 3.29. The maximum absolute atomic E-state index is 12.3. The molecule has 0 spiro atoms. The maximum Gasteiger partial charge on any atom is 0.335 e. The molecule has 7 heteroatoms. The Morgan fingerprint density at radius 2 is 1.70 bits per heavy atom. The zero-order valence-corrected chi connectivity index (χ0v) is 15.8. The Labute approximate surface area is 157 Å². The molecule has 0 aliphatic rings. The molecule has 0 aliphatic heterocycles. The van der Waals surface area contributed by atoms with Crippen LogP contribution in [-0.4, -0.2) is 38.3 Å². The van der Waals surface area contributed by atoms with E-state index in [2.05, 4.69) is 5.32 Å². The standard InChI is InChI=1S/C20H23NO6/c1-12-11-14(7-8-15(12)20(23)24)21-17(22)10-6-13-5-9-16(25-2)19(27-4)18(13)26-3/h5,7-9,11H,6,10H2,1-4H3,(H,21,22)(H,23,24). The molecular weight excluding hydrogens is 350 g/mol. The van der Waals surface area contributed by atoms with Crippen LogP contribution in [0.3, 0.4) is 0 Å². The molecule has 0 saturated carbocycles. The second-order valence-corrected chi connectivity index (χ2v) is 5.88. The lowest BCUT2D eigenvalue weighted by molar-refractivity contribution is -0.116. The van der Waals surface area contributed by atoms with Crippen molar-refractivity contribution in [2.75, 3.05) is 26.6 Å². The van der Waals surface area contributed by atoms with Gasteiger partial charge in [-0.05, 0) is 48.7 Å². The Hall–Kier alpha value is -3.22. The van der Waals surface area contributed by atoms with E-state index in [4.69, 9.17) is 19.3 Å². The average Bonchev–Trinajstić information content (AvgIpc) is 2.65. The molecule has 1 amide bonds. The summed E-state index contributed by atoms with van der Waals surface area (Å²) in [4.78, 5) is 23.3. The minimum atomic E-state index is -0.995. The van der Waals surface area contributed by atoms with Crippen LogP contribution >= 0.6 is 0 Å². The Kier molecular flexibility index (Phi) is 6.65. The summed E-state index contributed by atoms with van der Waals surface area (Å²) in [6, 6.07) is 8.29. The summed E-state index contributed by atoms with van der Waals surface area (Å²) < 4.78 is 16.0. The van der Waals surface area contributed by atoms with Crippen LogP contribution in [0.15, 0.2) is 30.3 Å². The number of carbonyl (C=O) groups is 2. The second kappa shape index (κ2) is 8.93. The van der Waals surface area contributed by atoms with Crippen molar-refractivity contribution in [1.82, 2.24) is 0 Å². The molecule has 0 aromatic heterocycles. The van der Waals surface area contributed by atoms with Gasteiger partial charge in [0.15, 0.2) is 11.5 Å². The molecular formula is C20H23NO6. The van der Waals surface area contributed by atoms with Gasteiger partial charge in [0.1, 0.15) is 0 Å². The summed E-state index contributed by atoms with van der Waals surface area (Å²) in [5.74, 6) is 0.390. The van der Waals surface area contributed by atoms with Gasteiger partial charge in [-0.1, -0.05) is 6.07 Å². The summed E-state index contributed by atoms with van der Waals surface area (Å²) >= 11 is 0. The number of ether oxygens (including phenoxy) is 3. The number of aryl methyl sites for hydroxylation is 2. The summed E-state index contributed by atoms with van der Waals surface area (Å²) in [6.07, 6.45) is 0.674. The normalized spacial score (nSPS) is 10.2. The number of hydrogen-bond acceptors (Lipinski definition) is 5. The molecule has 0 atom stereocenters. The topological polar surface area (TPSA) is 94.1 Å². The highest BCUT2D eigenvalue weighted by Crippen LogP contribution is 2.40. The Morgan fingerprint density at radius 3 is 2.26 bits per heavy atom. The first-order valence-corrected chi connectivity index (χ1v) is 8.32. The fourth-order valence-corrected chi connectivity index (χ4v) is 2.81. The van der Waals surface area contributed by atoms with E-state index < -0.39 is 5.97 Å². The molecule has 7 nitrogen and oxygen atoms in total. The maximum atomic E-state index is 12.3. The van der Waals surface area contributed by atoms with Crippen LogP contribution in [0.2, 0.25) is 0 Å². The number of carboxylic acids is 1. The highest BCUT2D eigenvalue weighted by atomic mass is 16.5. The van der Waals surface area contributed by atoms with Crippen molar-refractivity contribution in [3.05, 3.63) is 47.0 Å². The van der Waals surface area contributed by atoms with Crippen molar-refractivity contribution in [3.63, 3.8) is 0 Å². The largest absolute Gasteiger partial charge is 0.493 e. The highest BCUT2D eigenvalue weighted by molar-refractivity contribution is 5.93. The van der Waals surface area contributed by atoms with E-state index in [9.17, 15) is 9.59 Å². The molecule has 0 aliphatic carbocycles. The van der Waals surface area contributed by atoms with Crippen LogP contribution in [0.4, 0.5) is 5.69 Å². The van der Waals surface area contributed by atoms with Gasteiger partial charge >= 0.3 is 5.97 Å². The Balaban J connectivity index is 2.08. The molecule has 0 bridgehead atoms. The highest BCUT2D eigenvalue weighted by Gasteiger charge is 2.16. The van der Waals surface area contributed by atoms with E-state index in [0.29, 0.717) is 34.9 Å². The molecule has 2 rings (SSSR count). The number of carbonyl (C=O) groups excluding carboxylic acids is 1. The van der Waals surface area contributed by atoms with E-state index >= 15 is 0 Å². The number of nitrogens with one attached hydrogen (secondary N) is 1. The van der Waals surface area contributed by atoms with Gasteiger partial charge in [0.25, 0.3) is 0 Å². The quantitative estimate of drug-likeness (QED) is 0.737. The van der Waals surface area contributed by atoms with E-state index in [1.54, 1.807) is 32.2 Å². The number of amides is 1. The van der Waals surface area contributed by atoms with Gasteiger partial charge in [-0.25, -0.2) is 4.79 Å². The fourth-order valence-electron chi connectivity index (χ4n) is 2.81. The average molecular weight is 373 g/mol. The van der Waals surface area contributed by atoms with Gasteiger partial charge in [0.2, 0.25) is 11.7 Å². The van der Waals surface area contributed by atoms with Crippen LogP contribution in [0.1, 0.15) is 27.9 Å². The van der Waals surface area contributed by atoms with Crippen molar-refractivity contribution < 1.29 is 28.9 Å². The van der Waals surface area contributed by atoms with Crippen LogP contribution in [-0.2, 0) is 11.2 Å². The number of hydrogen-bond donors (Lipinski definition) is 2. The minimum absolute atomic E-state index is 0.186. The number of methoxy groups -OCH3 is 3. The summed E-state index contributed by atoms with van der Waals surface area (Å²) in [5.41, 5.74) is 2.18. The smallest absolute Gasteiger partial charge is 0.335 e. The van der Waals surface area contributed by atoms with E-state index in [0.717, 1.165) is 5.56 Å². The first kappa shape index (κ1) is 20.1. The third kappa shape index (κ3) is 4.69. The van der Waals surface area contributed by atoms with Gasteiger partial charge in [-0.15, -0.1) is 0 Å². The molecule has 0 saturated heterocycles. The fraction of sp³-hybridized carbons (Fsp3) is 0.300. The van der Waals surface area contributed by atoms with Crippen LogP contribution < -0.4 is 19.5 Å². The lowest BCUT2D eigenvalue weighted by Gasteiger charge is -2.15. The van der Waals surface area contributed by atoms with Gasteiger partial charge in [-0.3, -0.25) is 4.79 Å². The van der Waals surface area contributed by atoms with E-state index in [1.807, 2.05) is 6.07 Å². The third-order valence-electron chi connectivity index (χ3n) is 4.15. The molecule has 0 radical (unpaired) electrons. The first-order valence-electron chi connectivity index (χ1n) is 8.32. The van der Waals surface area contributed by atoms with E-state index in [1.165, 1.54) is 20.3 Å². The van der Waals surface area contributed by atoms with Crippen molar-refractivity contribution in [1.29, 1.82) is 0 Å². The van der Waals surface area contributed by atoms with Crippen molar-refractivity contribution in [2.45, 2.75) is 19.8 Å². The van der Waals surface area contributed by atoms with Crippen LogP contribution in [0.25, 0.3) is 0 Å². The molecule has 144 valence electrons. The minimum Gasteiger partial charge on any atom is -0.493 e. The molecule has 2 aromatic carbocycles. The number of anilines is 1.